The molecule has 4 fully saturated rings. The number of imidazole rings is 1. The van der Waals surface area contributed by atoms with Gasteiger partial charge in [0.05, 0.1) is 43.0 Å². The van der Waals surface area contributed by atoms with Crippen LogP contribution in [-0.4, -0.2) is 46.6 Å². The Morgan fingerprint density at radius 3 is 2.70 bits per heavy atom. The molecule has 2 bridgehead atoms. The summed E-state index contributed by atoms with van der Waals surface area (Å²) in [5, 5.41) is 10.9. The second-order valence-electron chi connectivity index (χ2n) is 11.5. The number of rotatable bonds is 7. The highest BCUT2D eigenvalue weighted by molar-refractivity contribution is 6.39. The summed E-state index contributed by atoms with van der Waals surface area (Å²) < 4.78 is 30.0. The van der Waals surface area contributed by atoms with Crippen LogP contribution in [0, 0.1) is 11.8 Å². The first-order chi connectivity index (χ1) is 18.9. The molecule has 7 rings (SSSR count). The van der Waals surface area contributed by atoms with E-state index >= 15 is 0 Å². The van der Waals surface area contributed by atoms with Gasteiger partial charge in [-0.3, -0.25) is 4.79 Å². The van der Waals surface area contributed by atoms with Gasteiger partial charge >= 0.3 is 0 Å². The number of hydrogen-bond donors (Lipinski definition) is 3. The third kappa shape index (κ3) is 4.89. The number of halogens is 5. The third-order valence-electron chi connectivity index (χ3n) is 8.71. The molecule has 12 heteroatoms. The summed E-state index contributed by atoms with van der Waals surface area (Å²) in [6.07, 6.45) is 2.91. The van der Waals surface area contributed by atoms with E-state index in [1.807, 2.05) is 22.6 Å². The predicted molar refractivity (Wildman–Crippen MR) is 156 cm³/mol. The third-order valence-corrected chi connectivity index (χ3v) is 9.76. The van der Waals surface area contributed by atoms with Crippen LogP contribution in [0.5, 0.6) is 0 Å². The minimum absolute atomic E-state index is 0.00695. The molecular formula is C28H31Cl3F2N6O. The minimum Gasteiger partial charge on any atom is -0.370 e. The number of carbonyl (C=O) groups excluding carboxylic acids is 1. The summed E-state index contributed by atoms with van der Waals surface area (Å²) in [6.45, 7) is 3.05. The normalized spacial score (nSPS) is 24.3. The number of benzene rings is 2. The Bertz CT molecular complexity index is 1480. The SMILES string of the molecule is Cn1c(Nc2c(Cl)ccc(CNC(=O)C34CC(CN3)C4)c2Cl)nc2cc(Cl)c(N3CCCC(C(C)(F)F)C3)cc21. The van der Waals surface area contributed by atoms with E-state index in [-0.39, 0.29) is 19.0 Å². The molecule has 3 saturated heterocycles. The molecular weight excluding hydrogens is 581 g/mol. The Hall–Kier alpha value is -2.33. The van der Waals surface area contributed by atoms with Crippen LogP contribution in [0.25, 0.3) is 11.0 Å². The summed E-state index contributed by atoms with van der Waals surface area (Å²) in [6, 6.07) is 7.17. The van der Waals surface area contributed by atoms with E-state index in [0.29, 0.717) is 63.2 Å². The van der Waals surface area contributed by atoms with Crippen molar-refractivity contribution in [3.05, 3.63) is 44.9 Å². The van der Waals surface area contributed by atoms with Crippen LogP contribution >= 0.6 is 34.8 Å². The molecule has 214 valence electrons. The smallest absolute Gasteiger partial charge is 0.249 e. The number of alkyl halides is 2. The van der Waals surface area contributed by atoms with Crippen LogP contribution in [0.15, 0.2) is 24.3 Å². The number of nitrogens with one attached hydrogen (secondary N) is 3. The van der Waals surface area contributed by atoms with Crippen LogP contribution in [0.1, 0.15) is 38.2 Å². The van der Waals surface area contributed by atoms with Gasteiger partial charge in [0.1, 0.15) is 0 Å². The van der Waals surface area contributed by atoms with E-state index in [1.165, 1.54) is 0 Å². The molecule has 3 aliphatic heterocycles. The van der Waals surface area contributed by atoms with Gasteiger partial charge in [0, 0.05) is 32.6 Å². The standard InChI is InChI=1S/C28H31Cl3F2N6O/c1-27(32,33)17-4-3-7-39(14-17)21-9-22-20(8-19(21)30)36-26(38(22)2)37-24-18(29)6-5-16(23(24)31)13-34-25(40)28-10-15(11-28)12-35-28/h5-6,8-9,15,17,35H,3-4,7,10-14H2,1-2H3,(H,34,40)(H,36,37). The Morgan fingerprint density at radius 2 is 2.00 bits per heavy atom. The van der Waals surface area contributed by atoms with Crippen LogP contribution in [0.4, 0.5) is 26.1 Å². The van der Waals surface area contributed by atoms with Crippen molar-refractivity contribution in [2.45, 2.75) is 50.6 Å². The van der Waals surface area contributed by atoms with Gasteiger partial charge in [-0.25, -0.2) is 13.8 Å². The minimum atomic E-state index is -2.75. The van der Waals surface area contributed by atoms with Crippen LogP contribution < -0.4 is 20.9 Å². The molecule has 1 atom stereocenters. The molecule has 4 aliphatic rings. The Balaban J connectivity index is 1.23. The summed E-state index contributed by atoms with van der Waals surface area (Å²) >= 11 is 19.9. The average molecular weight is 612 g/mol. The van der Waals surface area contributed by atoms with Crippen molar-refractivity contribution in [2.24, 2.45) is 18.9 Å². The molecule has 3 aromatic rings. The molecule has 3 N–H and O–H groups in total. The summed E-state index contributed by atoms with van der Waals surface area (Å²) in [4.78, 5) is 19.4. The lowest BCUT2D eigenvalue weighted by atomic mass is 9.73. The first kappa shape index (κ1) is 27.8. The van der Waals surface area contributed by atoms with E-state index in [0.717, 1.165) is 37.4 Å². The topological polar surface area (TPSA) is 74.2 Å². The number of aryl methyl sites for hydroxylation is 1. The van der Waals surface area contributed by atoms with E-state index in [4.69, 9.17) is 39.8 Å². The second-order valence-corrected chi connectivity index (χ2v) is 12.7. The molecule has 1 saturated carbocycles. The number of hydrogen-bond acceptors (Lipinski definition) is 5. The number of nitrogens with zero attached hydrogens (tertiary/aromatic N) is 3. The lowest BCUT2D eigenvalue weighted by molar-refractivity contribution is -0.129. The molecule has 40 heavy (non-hydrogen) atoms. The van der Waals surface area contributed by atoms with Crippen molar-refractivity contribution >= 4 is 69.1 Å². The molecule has 1 amide bonds. The van der Waals surface area contributed by atoms with Crippen molar-refractivity contribution in [2.75, 3.05) is 29.9 Å². The van der Waals surface area contributed by atoms with Gasteiger partial charge < -0.3 is 25.4 Å². The summed E-state index contributed by atoms with van der Waals surface area (Å²) in [5.41, 5.74) is 2.90. The van der Waals surface area contributed by atoms with Crippen molar-refractivity contribution in [1.29, 1.82) is 0 Å². The van der Waals surface area contributed by atoms with Crippen LogP contribution in [0.3, 0.4) is 0 Å². The zero-order valence-corrected chi connectivity index (χ0v) is 24.5. The summed E-state index contributed by atoms with van der Waals surface area (Å²) in [7, 11) is 1.85. The van der Waals surface area contributed by atoms with Gasteiger partial charge in [0.25, 0.3) is 0 Å². The number of carbonyl (C=O) groups is 1. The van der Waals surface area contributed by atoms with Crippen LogP contribution in [-0.2, 0) is 18.4 Å². The number of amides is 1. The van der Waals surface area contributed by atoms with Gasteiger partial charge in [-0.15, -0.1) is 0 Å². The maximum Gasteiger partial charge on any atom is 0.249 e. The van der Waals surface area contributed by atoms with Gasteiger partial charge in [-0.2, -0.15) is 0 Å². The number of fused-ring (bicyclic) bond motifs is 2. The van der Waals surface area contributed by atoms with E-state index < -0.39 is 17.4 Å². The van der Waals surface area contributed by atoms with E-state index in [9.17, 15) is 13.6 Å². The molecule has 2 aromatic carbocycles. The molecule has 7 nitrogen and oxygen atoms in total. The average Bonchev–Trinajstić information content (AvgIpc) is 3.59. The maximum atomic E-state index is 14.1. The molecule has 4 heterocycles. The monoisotopic (exact) mass is 610 g/mol. The van der Waals surface area contributed by atoms with E-state index in [1.54, 1.807) is 18.2 Å². The zero-order valence-electron chi connectivity index (χ0n) is 22.3. The maximum absolute atomic E-state index is 14.1. The first-order valence-electron chi connectivity index (χ1n) is 13.5. The fourth-order valence-corrected chi connectivity index (χ4v) is 7.10. The second kappa shape index (κ2) is 10.2. The zero-order chi connectivity index (χ0) is 28.4. The molecule has 0 spiro atoms. The van der Waals surface area contributed by atoms with Gasteiger partial charge in [0.15, 0.2) is 0 Å². The van der Waals surface area contributed by atoms with Gasteiger partial charge in [0.2, 0.25) is 17.8 Å². The molecule has 0 radical (unpaired) electrons. The van der Waals surface area contributed by atoms with Gasteiger partial charge in [-0.1, -0.05) is 40.9 Å². The van der Waals surface area contributed by atoms with E-state index in [2.05, 4.69) is 16.0 Å². The molecule has 1 aliphatic carbocycles. The van der Waals surface area contributed by atoms with Crippen molar-refractivity contribution in [3.8, 4) is 0 Å². The van der Waals surface area contributed by atoms with Crippen LogP contribution in [0.2, 0.25) is 15.1 Å². The highest BCUT2D eigenvalue weighted by atomic mass is 35.5. The van der Waals surface area contributed by atoms with Crippen molar-refractivity contribution in [1.82, 2.24) is 20.2 Å². The Morgan fingerprint density at radius 1 is 1.23 bits per heavy atom. The fourth-order valence-electron chi connectivity index (χ4n) is 6.29. The Labute approximate surface area is 246 Å². The largest absolute Gasteiger partial charge is 0.370 e. The van der Waals surface area contributed by atoms with Crippen molar-refractivity contribution in [3.63, 3.8) is 0 Å². The quantitative estimate of drug-likeness (QED) is 0.284. The predicted octanol–water partition coefficient (Wildman–Crippen LogP) is 6.52. The van der Waals surface area contributed by atoms with Gasteiger partial charge in [-0.05, 0) is 68.8 Å². The first-order valence-corrected chi connectivity index (χ1v) is 14.6. The molecule has 1 aromatic heterocycles. The number of piperidine rings is 1. The summed E-state index contributed by atoms with van der Waals surface area (Å²) in [5.74, 6) is -2.40. The molecule has 1 unspecified atom stereocenters. The number of anilines is 3. The Kier molecular flexibility index (Phi) is 7.09. The fraction of sp³-hybridized carbons (Fsp3) is 0.500. The highest BCUT2D eigenvalue weighted by Crippen LogP contribution is 2.44. The number of aromatic nitrogens is 2. The lowest BCUT2D eigenvalue weighted by Gasteiger charge is -2.37. The van der Waals surface area contributed by atoms with Crippen molar-refractivity contribution < 1.29 is 13.6 Å². The highest BCUT2D eigenvalue weighted by Gasteiger charge is 2.55. The lowest BCUT2D eigenvalue weighted by Crippen LogP contribution is -2.55.